The molecule has 3 aromatic rings. The van der Waals surface area contributed by atoms with Crippen molar-refractivity contribution in [2.24, 2.45) is 0 Å². The lowest BCUT2D eigenvalue weighted by atomic mass is 9.83. The first-order valence-electron chi connectivity index (χ1n) is 16.9. The van der Waals surface area contributed by atoms with Crippen LogP contribution in [0.2, 0.25) is 0 Å². The maximum Gasteiger partial charge on any atom is 0.437 e. The standard InChI is InChI=1S/C42H41F3N4O2/c1-6-8-21-49(22-9-7-2)36-19-17-31(39(25-36)50-5)15-16-32-23-30(4)33(24-29(32)3)18-20-38-37(28-48)40(34(26-46)27-47)51-41(38,42(43,44)45)35-13-11-10-12-14-35/h10-20,23-25H,6-9,21-22H2,1-5H3/b16-15+,20-18+. The predicted molar refractivity (Wildman–Crippen MR) is 195 cm³/mol. The summed E-state index contributed by atoms with van der Waals surface area (Å²) in [5.74, 6) is 0.0572. The van der Waals surface area contributed by atoms with Crippen LogP contribution in [0.1, 0.15) is 72.9 Å². The van der Waals surface area contributed by atoms with E-state index in [4.69, 9.17) is 9.47 Å². The van der Waals surface area contributed by atoms with E-state index >= 15 is 13.2 Å². The van der Waals surface area contributed by atoms with E-state index in [2.05, 4.69) is 30.9 Å². The van der Waals surface area contributed by atoms with Crippen molar-refractivity contribution in [1.82, 2.24) is 0 Å². The van der Waals surface area contributed by atoms with Gasteiger partial charge in [0.25, 0.3) is 5.60 Å². The average Bonchev–Trinajstić information content (AvgIpc) is 3.47. The van der Waals surface area contributed by atoms with Gasteiger partial charge in [0.1, 0.15) is 29.5 Å². The van der Waals surface area contributed by atoms with Gasteiger partial charge in [0.2, 0.25) is 0 Å². The summed E-state index contributed by atoms with van der Waals surface area (Å²) in [6, 6.07) is 21.8. The average molecular weight is 691 g/mol. The number of hydrogen-bond donors (Lipinski definition) is 0. The minimum atomic E-state index is -5.06. The molecule has 1 aliphatic rings. The van der Waals surface area contributed by atoms with E-state index in [1.165, 1.54) is 36.4 Å². The quantitative estimate of drug-likeness (QED) is 0.131. The molecule has 0 aliphatic carbocycles. The van der Waals surface area contributed by atoms with E-state index in [1.807, 2.05) is 44.2 Å². The molecule has 0 spiro atoms. The van der Waals surface area contributed by atoms with Gasteiger partial charge in [0.05, 0.1) is 7.11 Å². The van der Waals surface area contributed by atoms with Crippen molar-refractivity contribution in [1.29, 1.82) is 15.8 Å². The van der Waals surface area contributed by atoms with E-state index < -0.39 is 34.3 Å². The molecule has 0 saturated carbocycles. The van der Waals surface area contributed by atoms with Crippen molar-refractivity contribution >= 4 is 23.9 Å². The van der Waals surface area contributed by atoms with Crippen molar-refractivity contribution in [3.63, 3.8) is 0 Å². The highest BCUT2D eigenvalue weighted by atomic mass is 19.4. The Kier molecular flexibility index (Phi) is 12.5. The molecule has 1 aliphatic heterocycles. The second kappa shape index (κ2) is 16.8. The molecule has 4 rings (SSSR count). The number of allylic oxidation sites excluding steroid dienone is 2. The number of anilines is 1. The summed E-state index contributed by atoms with van der Waals surface area (Å²) in [6.07, 6.45) is 6.06. The molecule has 262 valence electrons. The van der Waals surface area contributed by atoms with E-state index in [0.717, 1.165) is 72.5 Å². The molecule has 3 aromatic carbocycles. The number of aryl methyl sites for hydroxylation is 2. The van der Waals surface area contributed by atoms with Crippen LogP contribution in [0.4, 0.5) is 18.9 Å². The lowest BCUT2D eigenvalue weighted by Crippen LogP contribution is -2.43. The fourth-order valence-electron chi connectivity index (χ4n) is 6.11. The number of hydrogen-bond acceptors (Lipinski definition) is 6. The Hall–Kier alpha value is -5.72. The fraction of sp³-hybridized carbons (Fsp3) is 0.310. The van der Waals surface area contributed by atoms with E-state index in [9.17, 15) is 15.8 Å². The molecule has 6 nitrogen and oxygen atoms in total. The van der Waals surface area contributed by atoms with Crippen molar-refractivity contribution in [2.45, 2.75) is 65.2 Å². The SMILES string of the molecule is CCCCN(CCCC)c1ccc(/C=C/c2cc(C)c(/C=C/C3=C(C#N)C(=C(C#N)C#N)OC3(c3ccccc3)C(F)(F)F)cc2C)c(OC)c1. The molecule has 1 unspecified atom stereocenters. The molecule has 9 heteroatoms. The summed E-state index contributed by atoms with van der Waals surface area (Å²) < 4.78 is 56.8. The normalized spacial score (nSPS) is 15.8. The Labute approximate surface area is 298 Å². The Balaban J connectivity index is 1.74. The Morgan fingerprint density at radius 3 is 1.90 bits per heavy atom. The molecule has 0 radical (unpaired) electrons. The van der Waals surface area contributed by atoms with Gasteiger partial charge in [-0.1, -0.05) is 93.5 Å². The zero-order valence-electron chi connectivity index (χ0n) is 29.6. The molecule has 0 saturated heterocycles. The molecule has 1 heterocycles. The van der Waals surface area contributed by atoms with Gasteiger partial charge in [0, 0.05) is 41.5 Å². The fourth-order valence-corrected chi connectivity index (χ4v) is 6.11. The van der Waals surface area contributed by atoms with Crippen molar-refractivity contribution in [3.8, 4) is 24.0 Å². The van der Waals surface area contributed by atoms with Gasteiger partial charge in [-0.05, 0) is 61.1 Å². The van der Waals surface area contributed by atoms with Gasteiger partial charge in [-0.25, -0.2) is 0 Å². The third-order valence-electron chi connectivity index (χ3n) is 8.94. The zero-order chi connectivity index (χ0) is 37.2. The van der Waals surface area contributed by atoms with Gasteiger partial charge < -0.3 is 14.4 Å². The molecule has 51 heavy (non-hydrogen) atoms. The highest BCUT2D eigenvalue weighted by Crippen LogP contribution is 2.56. The maximum absolute atomic E-state index is 15.2. The van der Waals surface area contributed by atoms with E-state index in [-0.39, 0.29) is 5.56 Å². The first kappa shape index (κ1) is 38.1. The summed E-state index contributed by atoms with van der Waals surface area (Å²) in [6.45, 7) is 10.1. The van der Waals surface area contributed by atoms with Crippen LogP contribution >= 0.6 is 0 Å². The summed E-state index contributed by atoms with van der Waals surface area (Å²) in [5.41, 5.74) is 0.0474. The minimum absolute atomic E-state index is 0.290. The van der Waals surface area contributed by atoms with E-state index in [1.54, 1.807) is 31.4 Å². The molecule has 0 fully saturated rings. The number of nitrogens with zero attached hydrogens (tertiary/aromatic N) is 4. The second-order valence-corrected chi connectivity index (χ2v) is 12.3. The van der Waals surface area contributed by atoms with Crippen LogP contribution in [0.3, 0.4) is 0 Å². The largest absolute Gasteiger partial charge is 0.496 e. The van der Waals surface area contributed by atoms with Gasteiger partial charge in [0.15, 0.2) is 11.3 Å². The number of benzene rings is 3. The van der Waals surface area contributed by atoms with Crippen LogP contribution < -0.4 is 9.64 Å². The van der Waals surface area contributed by atoms with Crippen molar-refractivity contribution in [3.05, 3.63) is 123 Å². The van der Waals surface area contributed by atoms with Gasteiger partial charge in [-0.15, -0.1) is 0 Å². The summed E-state index contributed by atoms with van der Waals surface area (Å²) in [5, 5.41) is 29.1. The third kappa shape index (κ3) is 8.03. The highest BCUT2D eigenvalue weighted by Gasteiger charge is 2.65. The van der Waals surface area contributed by atoms with Gasteiger partial charge >= 0.3 is 6.18 Å². The molecular formula is C42H41F3N4O2. The van der Waals surface area contributed by atoms with Crippen LogP contribution in [-0.4, -0.2) is 26.4 Å². The Morgan fingerprint density at radius 2 is 1.39 bits per heavy atom. The molecule has 1 atom stereocenters. The monoisotopic (exact) mass is 690 g/mol. The highest BCUT2D eigenvalue weighted by molar-refractivity contribution is 5.77. The minimum Gasteiger partial charge on any atom is -0.496 e. The topological polar surface area (TPSA) is 93.1 Å². The first-order valence-corrected chi connectivity index (χ1v) is 16.9. The van der Waals surface area contributed by atoms with Gasteiger partial charge in [-0.3, -0.25) is 0 Å². The number of nitriles is 3. The number of unbranched alkanes of at least 4 members (excludes halogenated alkanes) is 2. The van der Waals surface area contributed by atoms with Crippen LogP contribution in [0.15, 0.2) is 89.2 Å². The Morgan fingerprint density at radius 1 is 0.824 bits per heavy atom. The molecular weight excluding hydrogens is 649 g/mol. The van der Waals surface area contributed by atoms with Gasteiger partial charge in [-0.2, -0.15) is 29.0 Å². The number of halogens is 3. The first-order chi connectivity index (χ1) is 24.5. The maximum atomic E-state index is 15.2. The van der Waals surface area contributed by atoms with Crippen molar-refractivity contribution in [2.75, 3.05) is 25.1 Å². The van der Waals surface area contributed by atoms with Crippen LogP contribution in [-0.2, 0) is 10.3 Å². The number of rotatable bonds is 13. The summed E-state index contributed by atoms with van der Waals surface area (Å²) >= 11 is 0. The smallest absolute Gasteiger partial charge is 0.437 e. The molecule has 0 aromatic heterocycles. The van der Waals surface area contributed by atoms with Crippen molar-refractivity contribution < 1.29 is 22.6 Å². The Bertz CT molecular complexity index is 1970. The van der Waals surface area contributed by atoms with Crippen LogP contribution in [0.5, 0.6) is 5.75 Å². The van der Waals surface area contributed by atoms with Crippen LogP contribution in [0.25, 0.3) is 18.2 Å². The lowest BCUT2D eigenvalue weighted by molar-refractivity contribution is -0.249. The molecule has 0 amide bonds. The molecule has 0 bridgehead atoms. The van der Waals surface area contributed by atoms with Crippen LogP contribution in [0, 0.1) is 47.8 Å². The van der Waals surface area contributed by atoms with E-state index in [0.29, 0.717) is 5.56 Å². The third-order valence-corrected chi connectivity index (χ3v) is 8.94. The number of ether oxygens (including phenoxy) is 2. The zero-order valence-corrected chi connectivity index (χ0v) is 29.6. The summed E-state index contributed by atoms with van der Waals surface area (Å²) in [4.78, 5) is 2.40. The number of alkyl halides is 3. The second-order valence-electron chi connectivity index (χ2n) is 12.3. The predicted octanol–water partition coefficient (Wildman–Crippen LogP) is 10.5. The lowest BCUT2D eigenvalue weighted by Gasteiger charge is -2.33. The number of methoxy groups -OCH3 is 1. The molecule has 0 N–H and O–H groups in total. The summed E-state index contributed by atoms with van der Waals surface area (Å²) in [7, 11) is 1.66.